The summed E-state index contributed by atoms with van der Waals surface area (Å²) in [5.41, 5.74) is 1.28. The number of likely N-dealkylation sites (N-methyl/N-ethyl adjacent to an activating group) is 1. The van der Waals surface area contributed by atoms with Crippen molar-refractivity contribution in [2.24, 2.45) is 0 Å². The molecule has 0 aliphatic rings. The maximum absolute atomic E-state index is 13.7. The molecule has 1 amide bonds. The molecule has 0 saturated heterocycles. The maximum atomic E-state index is 13.7. The number of nitrogens with zero attached hydrogens (tertiary/aromatic N) is 3. The standard InChI is InChI=1S/C25H32FN3O2S/c1-4-7-8-17-31-21-12-9-19(10-13-21)24(30)29(16-15-28(5-2)6-3)25-27-22-14-11-20(26)18-23(22)32-25/h9-14,18H,4-8,15-17H2,1-3H3. The first-order valence-electron chi connectivity index (χ1n) is 11.4. The van der Waals surface area contributed by atoms with Crippen LogP contribution in [-0.2, 0) is 0 Å². The third-order valence-electron chi connectivity index (χ3n) is 5.47. The number of thiazole rings is 1. The Balaban J connectivity index is 1.80. The molecule has 3 rings (SSSR count). The molecule has 3 aromatic rings. The molecule has 0 bridgehead atoms. The minimum atomic E-state index is -0.303. The third kappa shape index (κ3) is 6.26. The predicted molar refractivity (Wildman–Crippen MR) is 131 cm³/mol. The minimum Gasteiger partial charge on any atom is -0.494 e. The second-order valence-electron chi connectivity index (χ2n) is 7.67. The normalized spacial score (nSPS) is 11.3. The van der Waals surface area contributed by atoms with Crippen LogP contribution >= 0.6 is 11.3 Å². The van der Waals surface area contributed by atoms with Gasteiger partial charge < -0.3 is 9.64 Å². The highest BCUT2D eigenvalue weighted by Crippen LogP contribution is 2.30. The van der Waals surface area contributed by atoms with Crippen LogP contribution in [-0.4, -0.2) is 48.6 Å². The molecule has 2 aromatic carbocycles. The first-order chi connectivity index (χ1) is 15.5. The van der Waals surface area contributed by atoms with Gasteiger partial charge >= 0.3 is 0 Å². The Kier molecular flexibility index (Phi) is 9.00. The average Bonchev–Trinajstić information content (AvgIpc) is 3.22. The molecule has 1 aromatic heterocycles. The molecule has 0 N–H and O–H groups in total. The number of aromatic nitrogens is 1. The van der Waals surface area contributed by atoms with Gasteiger partial charge in [0.25, 0.3) is 5.91 Å². The fourth-order valence-electron chi connectivity index (χ4n) is 3.46. The Hall–Kier alpha value is -2.51. The highest BCUT2D eigenvalue weighted by Gasteiger charge is 2.22. The Morgan fingerprint density at radius 3 is 2.47 bits per heavy atom. The molecule has 0 fully saturated rings. The van der Waals surface area contributed by atoms with Crippen LogP contribution in [0.4, 0.5) is 9.52 Å². The van der Waals surface area contributed by atoms with E-state index in [4.69, 9.17) is 4.74 Å². The molecule has 5 nitrogen and oxygen atoms in total. The molecule has 0 spiro atoms. The van der Waals surface area contributed by atoms with Gasteiger partial charge in [0.1, 0.15) is 11.6 Å². The van der Waals surface area contributed by atoms with Crippen molar-refractivity contribution < 1.29 is 13.9 Å². The van der Waals surface area contributed by atoms with Crippen LogP contribution in [0.2, 0.25) is 0 Å². The van der Waals surface area contributed by atoms with E-state index in [9.17, 15) is 9.18 Å². The van der Waals surface area contributed by atoms with E-state index in [0.29, 0.717) is 29.4 Å². The number of hydrogen-bond acceptors (Lipinski definition) is 5. The van der Waals surface area contributed by atoms with Crippen molar-refractivity contribution in [3.8, 4) is 5.75 Å². The first-order valence-corrected chi connectivity index (χ1v) is 12.2. The number of benzene rings is 2. The second kappa shape index (κ2) is 11.9. The van der Waals surface area contributed by atoms with Crippen LogP contribution in [0.25, 0.3) is 10.2 Å². The van der Waals surface area contributed by atoms with Crippen LogP contribution in [0.3, 0.4) is 0 Å². The second-order valence-corrected chi connectivity index (χ2v) is 8.68. The molecular weight excluding hydrogens is 425 g/mol. The fourth-order valence-corrected chi connectivity index (χ4v) is 4.47. The van der Waals surface area contributed by atoms with E-state index >= 15 is 0 Å². The number of halogens is 1. The van der Waals surface area contributed by atoms with E-state index in [2.05, 4.69) is 30.7 Å². The molecule has 32 heavy (non-hydrogen) atoms. The van der Waals surface area contributed by atoms with E-state index in [1.54, 1.807) is 23.1 Å². The zero-order chi connectivity index (χ0) is 22.9. The number of carbonyl (C=O) groups is 1. The van der Waals surface area contributed by atoms with Gasteiger partial charge in [-0.1, -0.05) is 44.9 Å². The molecule has 0 saturated carbocycles. The fraction of sp³-hybridized carbons (Fsp3) is 0.440. The van der Waals surface area contributed by atoms with E-state index < -0.39 is 0 Å². The van der Waals surface area contributed by atoms with Crippen LogP contribution in [0.1, 0.15) is 50.4 Å². The van der Waals surface area contributed by atoms with Gasteiger partial charge in [-0.05, 0) is 62.0 Å². The molecule has 172 valence electrons. The lowest BCUT2D eigenvalue weighted by Gasteiger charge is -2.24. The van der Waals surface area contributed by atoms with Crippen LogP contribution in [0.15, 0.2) is 42.5 Å². The van der Waals surface area contributed by atoms with Crippen molar-refractivity contribution in [2.45, 2.75) is 40.0 Å². The minimum absolute atomic E-state index is 0.116. The monoisotopic (exact) mass is 457 g/mol. The molecule has 0 unspecified atom stereocenters. The summed E-state index contributed by atoms with van der Waals surface area (Å²) in [5, 5.41) is 0.586. The Morgan fingerprint density at radius 2 is 1.78 bits per heavy atom. The molecule has 0 aliphatic heterocycles. The molecule has 7 heteroatoms. The van der Waals surface area contributed by atoms with Gasteiger partial charge in [0, 0.05) is 18.7 Å². The number of rotatable bonds is 12. The van der Waals surface area contributed by atoms with Gasteiger partial charge in [-0.2, -0.15) is 0 Å². The van der Waals surface area contributed by atoms with Crippen molar-refractivity contribution in [3.05, 3.63) is 53.8 Å². The lowest BCUT2D eigenvalue weighted by Crippen LogP contribution is -2.38. The summed E-state index contributed by atoms with van der Waals surface area (Å²) in [4.78, 5) is 22.0. The number of anilines is 1. The largest absolute Gasteiger partial charge is 0.494 e. The van der Waals surface area contributed by atoms with E-state index in [1.807, 2.05) is 12.1 Å². The highest BCUT2D eigenvalue weighted by atomic mass is 32.1. The van der Waals surface area contributed by atoms with Crippen molar-refractivity contribution >= 4 is 32.6 Å². The zero-order valence-corrected chi connectivity index (χ0v) is 20.0. The molecule has 0 aliphatic carbocycles. The lowest BCUT2D eigenvalue weighted by atomic mass is 10.2. The zero-order valence-electron chi connectivity index (χ0n) is 19.1. The van der Waals surface area contributed by atoms with Gasteiger partial charge in [0.15, 0.2) is 5.13 Å². The molecule has 0 radical (unpaired) electrons. The summed E-state index contributed by atoms with van der Waals surface area (Å²) in [5.74, 6) is 0.347. The van der Waals surface area contributed by atoms with Crippen molar-refractivity contribution in [2.75, 3.05) is 37.7 Å². The Labute approximate surface area is 193 Å². The van der Waals surface area contributed by atoms with Crippen molar-refractivity contribution in [3.63, 3.8) is 0 Å². The SMILES string of the molecule is CCCCCOc1ccc(C(=O)N(CCN(CC)CC)c2nc3ccc(F)cc3s2)cc1. The smallest absolute Gasteiger partial charge is 0.260 e. The summed E-state index contributed by atoms with van der Waals surface area (Å²) < 4.78 is 20.2. The van der Waals surface area contributed by atoms with E-state index in [-0.39, 0.29) is 11.7 Å². The van der Waals surface area contributed by atoms with Gasteiger partial charge in [-0.15, -0.1) is 0 Å². The number of hydrogen-bond donors (Lipinski definition) is 0. The summed E-state index contributed by atoms with van der Waals surface area (Å²) in [6.07, 6.45) is 3.32. The molecule has 1 heterocycles. The van der Waals surface area contributed by atoms with Gasteiger partial charge in [-0.25, -0.2) is 9.37 Å². The molecular formula is C25H32FN3O2S. The van der Waals surface area contributed by atoms with Crippen LogP contribution < -0.4 is 9.64 Å². The van der Waals surface area contributed by atoms with Crippen molar-refractivity contribution in [1.82, 2.24) is 9.88 Å². The van der Waals surface area contributed by atoms with Gasteiger partial charge in [0.2, 0.25) is 0 Å². The number of unbranched alkanes of at least 4 members (excludes halogenated alkanes) is 2. The number of carbonyl (C=O) groups excluding carboxylic acids is 1. The molecule has 0 atom stereocenters. The Morgan fingerprint density at radius 1 is 1.03 bits per heavy atom. The number of ether oxygens (including phenoxy) is 1. The lowest BCUT2D eigenvalue weighted by molar-refractivity contribution is 0.0983. The van der Waals surface area contributed by atoms with Gasteiger partial charge in [0.05, 0.1) is 16.8 Å². The Bertz CT molecular complexity index is 1000. The van der Waals surface area contributed by atoms with Crippen LogP contribution in [0.5, 0.6) is 5.75 Å². The quantitative estimate of drug-likeness (QED) is 0.313. The van der Waals surface area contributed by atoms with Crippen LogP contribution in [0, 0.1) is 5.82 Å². The topological polar surface area (TPSA) is 45.7 Å². The summed E-state index contributed by atoms with van der Waals surface area (Å²) in [6.45, 7) is 10.1. The van der Waals surface area contributed by atoms with Crippen molar-refractivity contribution in [1.29, 1.82) is 0 Å². The third-order valence-corrected chi connectivity index (χ3v) is 6.51. The average molecular weight is 458 g/mol. The summed E-state index contributed by atoms with van der Waals surface area (Å²) in [6, 6.07) is 11.8. The predicted octanol–water partition coefficient (Wildman–Crippen LogP) is 5.99. The maximum Gasteiger partial charge on any atom is 0.260 e. The summed E-state index contributed by atoms with van der Waals surface area (Å²) in [7, 11) is 0. The highest BCUT2D eigenvalue weighted by molar-refractivity contribution is 7.22. The first kappa shape index (κ1) is 24.1. The van der Waals surface area contributed by atoms with E-state index in [0.717, 1.165) is 49.3 Å². The van der Waals surface area contributed by atoms with E-state index in [1.165, 1.54) is 23.5 Å². The van der Waals surface area contributed by atoms with Gasteiger partial charge in [-0.3, -0.25) is 9.69 Å². The number of amides is 1. The summed E-state index contributed by atoms with van der Waals surface area (Å²) >= 11 is 1.34. The number of fused-ring (bicyclic) bond motifs is 1.